The number of amides is 1. The molecule has 1 heterocycles. The molecule has 0 spiro atoms. The van der Waals surface area contributed by atoms with E-state index in [1.165, 1.54) is 12.0 Å². The zero-order chi connectivity index (χ0) is 14.9. The predicted molar refractivity (Wildman–Crippen MR) is 98.1 cm³/mol. The fourth-order valence-electron chi connectivity index (χ4n) is 3.25. The van der Waals surface area contributed by atoms with Crippen LogP contribution in [0.25, 0.3) is 0 Å². The lowest BCUT2D eigenvalue weighted by molar-refractivity contribution is -0.132. The summed E-state index contributed by atoms with van der Waals surface area (Å²) in [5.41, 5.74) is 6.82. The van der Waals surface area contributed by atoms with Crippen LogP contribution in [0.1, 0.15) is 24.8 Å². The Labute approximate surface area is 151 Å². The molecule has 2 aliphatic rings. The number of carbonyl (C=O) groups is 1. The Kier molecular flexibility index (Phi) is 7.33. The first-order valence-corrected chi connectivity index (χ1v) is 7.87. The first kappa shape index (κ1) is 20.2. The molecule has 1 aliphatic heterocycles. The summed E-state index contributed by atoms with van der Waals surface area (Å²) in [5.74, 6) is 0.703. The van der Waals surface area contributed by atoms with Gasteiger partial charge in [0.05, 0.1) is 5.54 Å². The molecule has 1 aliphatic carbocycles. The van der Waals surface area contributed by atoms with Crippen molar-refractivity contribution in [2.24, 2.45) is 11.7 Å². The van der Waals surface area contributed by atoms with Crippen molar-refractivity contribution >= 4 is 30.7 Å². The molecule has 1 atom stereocenters. The van der Waals surface area contributed by atoms with Crippen LogP contribution in [0.3, 0.4) is 0 Å². The Hall–Kier alpha value is -0.810. The minimum absolute atomic E-state index is 0. The van der Waals surface area contributed by atoms with Gasteiger partial charge in [-0.1, -0.05) is 30.3 Å². The second-order valence-corrected chi connectivity index (χ2v) is 6.72. The van der Waals surface area contributed by atoms with Crippen LogP contribution < -0.4 is 5.73 Å². The van der Waals surface area contributed by atoms with Gasteiger partial charge in [0, 0.05) is 26.7 Å². The summed E-state index contributed by atoms with van der Waals surface area (Å²) in [4.78, 5) is 16.5. The molecular weight excluding hydrogens is 333 g/mol. The van der Waals surface area contributed by atoms with Gasteiger partial charge in [0.25, 0.3) is 0 Å². The second kappa shape index (κ2) is 8.34. The molecule has 0 aromatic heterocycles. The van der Waals surface area contributed by atoms with E-state index in [1.807, 2.05) is 11.9 Å². The van der Waals surface area contributed by atoms with Crippen molar-refractivity contribution in [3.63, 3.8) is 0 Å². The topological polar surface area (TPSA) is 49.6 Å². The van der Waals surface area contributed by atoms with Crippen molar-refractivity contribution in [2.45, 2.75) is 31.3 Å². The lowest BCUT2D eigenvalue weighted by Gasteiger charge is -2.24. The molecular formula is C17H27Cl2N3O. The van der Waals surface area contributed by atoms with Gasteiger partial charge in [-0.15, -0.1) is 24.8 Å². The third kappa shape index (κ3) is 5.08. The third-order valence-corrected chi connectivity index (χ3v) is 4.71. The molecule has 1 amide bonds. The van der Waals surface area contributed by atoms with E-state index in [9.17, 15) is 4.79 Å². The molecule has 130 valence electrons. The van der Waals surface area contributed by atoms with E-state index in [-0.39, 0.29) is 30.7 Å². The smallest absolute Gasteiger partial charge is 0.242 e. The first-order chi connectivity index (χ1) is 10.1. The monoisotopic (exact) mass is 359 g/mol. The quantitative estimate of drug-likeness (QED) is 0.877. The summed E-state index contributed by atoms with van der Waals surface area (Å²) in [6.45, 7) is 4.04. The summed E-state index contributed by atoms with van der Waals surface area (Å²) < 4.78 is 0. The Bertz CT molecular complexity index is 508. The van der Waals surface area contributed by atoms with E-state index in [2.05, 4.69) is 35.2 Å². The summed E-state index contributed by atoms with van der Waals surface area (Å²) >= 11 is 0. The van der Waals surface area contributed by atoms with Gasteiger partial charge in [-0.3, -0.25) is 9.69 Å². The number of nitrogens with two attached hydrogens (primary N) is 1. The molecule has 3 rings (SSSR count). The van der Waals surface area contributed by atoms with Crippen molar-refractivity contribution in [3.8, 4) is 0 Å². The molecule has 23 heavy (non-hydrogen) atoms. The van der Waals surface area contributed by atoms with Crippen molar-refractivity contribution in [3.05, 3.63) is 35.9 Å². The van der Waals surface area contributed by atoms with Gasteiger partial charge >= 0.3 is 0 Å². The predicted octanol–water partition coefficient (Wildman–Crippen LogP) is 2.30. The van der Waals surface area contributed by atoms with Gasteiger partial charge in [-0.2, -0.15) is 0 Å². The van der Waals surface area contributed by atoms with Crippen LogP contribution in [-0.2, 0) is 11.3 Å². The highest BCUT2D eigenvalue weighted by Crippen LogP contribution is 2.34. The third-order valence-electron chi connectivity index (χ3n) is 4.71. The SMILES string of the molecule is CN(CC1CCN(Cc2ccccc2)C1)C(=O)C1(N)CC1.Cl.Cl. The van der Waals surface area contributed by atoms with Crippen LogP contribution in [0.2, 0.25) is 0 Å². The minimum Gasteiger partial charge on any atom is -0.344 e. The second-order valence-electron chi connectivity index (χ2n) is 6.72. The number of halogens is 2. The highest BCUT2D eigenvalue weighted by molar-refractivity contribution is 5.88. The lowest BCUT2D eigenvalue weighted by Crippen LogP contribution is -2.45. The molecule has 6 heteroatoms. The Morgan fingerprint density at radius 2 is 1.96 bits per heavy atom. The van der Waals surface area contributed by atoms with E-state index in [0.717, 1.165) is 39.0 Å². The number of carbonyl (C=O) groups excluding carboxylic acids is 1. The average Bonchev–Trinajstić information content (AvgIpc) is 3.09. The van der Waals surface area contributed by atoms with Crippen LogP contribution in [0.4, 0.5) is 0 Å². The Morgan fingerprint density at radius 3 is 2.57 bits per heavy atom. The van der Waals surface area contributed by atoms with Gasteiger partial charge in [0.2, 0.25) is 5.91 Å². The van der Waals surface area contributed by atoms with Crippen molar-refractivity contribution < 1.29 is 4.79 Å². The molecule has 2 N–H and O–H groups in total. The van der Waals surface area contributed by atoms with Crippen molar-refractivity contribution in [1.29, 1.82) is 0 Å². The molecule has 0 bridgehead atoms. The number of hydrogen-bond donors (Lipinski definition) is 1. The van der Waals surface area contributed by atoms with Gasteiger partial charge in [0.15, 0.2) is 0 Å². The number of benzene rings is 1. The van der Waals surface area contributed by atoms with E-state index in [4.69, 9.17) is 5.73 Å². The van der Waals surface area contributed by atoms with Crippen LogP contribution in [-0.4, -0.2) is 47.9 Å². The number of nitrogens with zero attached hydrogens (tertiary/aromatic N) is 2. The maximum atomic E-state index is 12.2. The maximum Gasteiger partial charge on any atom is 0.242 e. The van der Waals surface area contributed by atoms with Gasteiger partial charge in [-0.25, -0.2) is 0 Å². The average molecular weight is 360 g/mol. The first-order valence-electron chi connectivity index (χ1n) is 7.87. The van der Waals surface area contributed by atoms with Crippen molar-refractivity contribution in [2.75, 3.05) is 26.7 Å². The van der Waals surface area contributed by atoms with Crippen LogP contribution >= 0.6 is 24.8 Å². The maximum absolute atomic E-state index is 12.2. The van der Waals surface area contributed by atoms with Crippen molar-refractivity contribution in [1.82, 2.24) is 9.80 Å². The van der Waals surface area contributed by atoms with Gasteiger partial charge in [0.1, 0.15) is 0 Å². The molecule has 2 fully saturated rings. The largest absolute Gasteiger partial charge is 0.344 e. The molecule has 1 aromatic carbocycles. The van der Waals surface area contributed by atoms with E-state index in [1.54, 1.807) is 0 Å². The molecule has 1 saturated carbocycles. The molecule has 0 radical (unpaired) electrons. The number of rotatable bonds is 5. The number of hydrogen-bond acceptors (Lipinski definition) is 3. The normalized spacial score (nSPS) is 21.9. The summed E-state index contributed by atoms with van der Waals surface area (Å²) in [5, 5.41) is 0. The fourth-order valence-corrected chi connectivity index (χ4v) is 3.25. The molecule has 1 unspecified atom stereocenters. The van der Waals surface area contributed by atoms with Crippen LogP contribution in [0.15, 0.2) is 30.3 Å². The highest BCUT2D eigenvalue weighted by Gasteiger charge is 2.47. The lowest BCUT2D eigenvalue weighted by atomic mass is 10.1. The standard InChI is InChI=1S/C17H25N3O.2ClH/c1-19(16(21)17(18)8-9-17)11-15-7-10-20(13-15)12-14-5-3-2-4-6-14;;/h2-6,15H,7-13,18H2,1H3;2*1H. The Morgan fingerprint density at radius 1 is 1.30 bits per heavy atom. The zero-order valence-electron chi connectivity index (χ0n) is 13.6. The molecule has 1 aromatic rings. The summed E-state index contributed by atoms with van der Waals surface area (Å²) in [7, 11) is 1.90. The molecule has 4 nitrogen and oxygen atoms in total. The van der Waals surface area contributed by atoms with Crippen LogP contribution in [0.5, 0.6) is 0 Å². The number of likely N-dealkylation sites (tertiary alicyclic amines) is 1. The van der Waals surface area contributed by atoms with Gasteiger partial charge in [-0.05, 0) is 37.3 Å². The highest BCUT2D eigenvalue weighted by atomic mass is 35.5. The Balaban J connectivity index is 0.00000132. The van der Waals surface area contributed by atoms with E-state index in [0.29, 0.717) is 5.92 Å². The van der Waals surface area contributed by atoms with E-state index >= 15 is 0 Å². The fraction of sp³-hybridized carbons (Fsp3) is 0.588. The summed E-state index contributed by atoms with van der Waals surface area (Å²) in [6.07, 6.45) is 2.87. The number of likely N-dealkylation sites (N-methyl/N-ethyl adjacent to an activating group) is 1. The van der Waals surface area contributed by atoms with E-state index < -0.39 is 5.54 Å². The minimum atomic E-state index is -0.531. The van der Waals surface area contributed by atoms with Gasteiger partial charge < -0.3 is 10.6 Å². The zero-order valence-corrected chi connectivity index (χ0v) is 15.2. The molecule has 1 saturated heterocycles. The van der Waals surface area contributed by atoms with Crippen LogP contribution in [0, 0.1) is 5.92 Å². The summed E-state index contributed by atoms with van der Waals surface area (Å²) in [6, 6.07) is 10.6.